The summed E-state index contributed by atoms with van der Waals surface area (Å²) >= 11 is 0. The first-order valence-corrected chi connectivity index (χ1v) is 8.95. The molecule has 1 heterocycles. The Morgan fingerprint density at radius 2 is 1.78 bits per heavy atom. The fourth-order valence-corrected chi connectivity index (χ4v) is 4.22. The number of hydrogen-bond donors (Lipinski definition) is 0. The summed E-state index contributed by atoms with van der Waals surface area (Å²) in [6.07, 6.45) is 4.85. The van der Waals surface area contributed by atoms with Gasteiger partial charge in [-0.3, -0.25) is 19.3 Å². The van der Waals surface area contributed by atoms with Crippen LogP contribution >= 0.6 is 0 Å². The summed E-state index contributed by atoms with van der Waals surface area (Å²) in [5.41, 5.74) is 0.323. The van der Waals surface area contributed by atoms with Crippen molar-refractivity contribution in [1.29, 1.82) is 0 Å². The quantitative estimate of drug-likeness (QED) is 0.353. The van der Waals surface area contributed by atoms with Crippen LogP contribution in [0, 0.1) is 17.7 Å². The number of benzene rings is 1. The lowest BCUT2D eigenvalue weighted by molar-refractivity contribution is -0.148. The highest BCUT2D eigenvalue weighted by molar-refractivity contribution is 6.08. The van der Waals surface area contributed by atoms with Crippen molar-refractivity contribution in [2.24, 2.45) is 11.8 Å². The number of nitrogens with zero attached hydrogens (tertiary/aromatic N) is 1. The Hall–Kier alpha value is -2.83. The van der Waals surface area contributed by atoms with Crippen LogP contribution in [0.5, 0.6) is 5.75 Å². The number of carbonyl (C=O) groups excluding carboxylic acids is 4. The number of imide groups is 1. The van der Waals surface area contributed by atoms with Crippen LogP contribution in [-0.4, -0.2) is 35.0 Å². The van der Waals surface area contributed by atoms with Crippen molar-refractivity contribution in [1.82, 2.24) is 4.90 Å². The molecule has 0 saturated carbocycles. The molecule has 27 heavy (non-hydrogen) atoms. The van der Waals surface area contributed by atoms with Gasteiger partial charge >= 0.3 is 5.97 Å². The molecule has 0 aromatic heterocycles. The number of halogens is 1. The minimum Gasteiger partial charge on any atom is -0.424 e. The van der Waals surface area contributed by atoms with Crippen molar-refractivity contribution >= 4 is 23.6 Å². The molecule has 6 nitrogen and oxygen atoms in total. The largest absolute Gasteiger partial charge is 0.424 e. The lowest BCUT2D eigenvalue weighted by Gasteiger charge is -2.15. The van der Waals surface area contributed by atoms with Crippen molar-refractivity contribution in [3.8, 4) is 5.75 Å². The smallest absolute Gasteiger partial charge is 0.331 e. The van der Waals surface area contributed by atoms with Gasteiger partial charge in [0.25, 0.3) is 0 Å². The predicted octanol–water partition coefficient (Wildman–Crippen LogP) is 2.37. The van der Waals surface area contributed by atoms with Crippen molar-refractivity contribution < 1.29 is 28.3 Å². The maximum atomic E-state index is 14.0. The van der Waals surface area contributed by atoms with Crippen molar-refractivity contribution in [3.05, 3.63) is 41.2 Å². The van der Waals surface area contributed by atoms with Crippen LogP contribution in [0.1, 0.15) is 48.0 Å². The van der Waals surface area contributed by atoms with Crippen LogP contribution in [-0.2, 0) is 14.4 Å². The second-order valence-corrected chi connectivity index (χ2v) is 7.26. The number of Topliss-reactive ketones (excluding diaryl/α,β-unsaturated/α-hetero) is 1. The third-order valence-electron chi connectivity index (χ3n) is 5.53. The van der Waals surface area contributed by atoms with E-state index in [1.165, 1.54) is 6.07 Å². The molecule has 1 aromatic rings. The summed E-state index contributed by atoms with van der Waals surface area (Å²) in [5.74, 6) is -3.53. The van der Waals surface area contributed by atoms with Crippen molar-refractivity contribution in [2.45, 2.75) is 32.1 Å². The molecule has 2 aliphatic carbocycles. The monoisotopic (exact) mass is 371 g/mol. The topological polar surface area (TPSA) is 80.8 Å². The number of allylic oxidation sites excluding steroid dienone is 2. The van der Waals surface area contributed by atoms with Crippen LogP contribution in [0.25, 0.3) is 0 Å². The molecular formula is C20H18FNO5. The van der Waals surface area contributed by atoms with E-state index in [0.29, 0.717) is 12.8 Å². The molecule has 140 valence electrons. The Morgan fingerprint density at radius 3 is 2.41 bits per heavy atom. The summed E-state index contributed by atoms with van der Waals surface area (Å²) in [7, 11) is 0. The zero-order chi connectivity index (χ0) is 19.3. The van der Waals surface area contributed by atoms with Crippen LogP contribution in [0.2, 0.25) is 0 Å². The average molecular weight is 371 g/mol. The van der Waals surface area contributed by atoms with Gasteiger partial charge in [-0.05, 0) is 30.9 Å². The van der Waals surface area contributed by atoms with E-state index in [4.69, 9.17) is 4.74 Å². The highest BCUT2D eigenvalue weighted by Gasteiger charge is 2.48. The first-order chi connectivity index (χ1) is 12.9. The van der Waals surface area contributed by atoms with E-state index < -0.39 is 30.2 Å². The number of rotatable bonds is 3. The average Bonchev–Trinajstić information content (AvgIpc) is 3.07. The molecule has 0 spiro atoms. The molecule has 2 amide bonds. The molecule has 3 atom stereocenters. The van der Waals surface area contributed by atoms with Gasteiger partial charge in [0.05, 0.1) is 17.4 Å². The SMILES string of the molecule is C[C@@H]1CC(=O)c2c(OC(=O)CN3C(=O)[C@H]4CC=CC[C@H]4C3=O)ccc(F)c21. The summed E-state index contributed by atoms with van der Waals surface area (Å²) < 4.78 is 19.3. The number of hydrogen-bond acceptors (Lipinski definition) is 5. The highest BCUT2D eigenvalue weighted by Crippen LogP contribution is 2.40. The van der Waals surface area contributed by atoms with E-state index in [2.05, 4.69) is 0 Å². The van der Waals surface area contributed by atoms with Crippen LogP contribution < -0.4 is 4.74 Å². The molecule has 0 radical (unpaired) electrons. The lowest BCUT2D eigenvalue weighted by atomic mass is 9.85. The second kappa shape index (κ2) is 6.40. The van der Waals surface area contributed by atoms with Crippen molar-refractivity contribution in [3.63, 3.8) is 0 Å². The van der Waals surface area contributed by atoms with E-state index >= 15 is 0 Å². The molecular weight excluding hydrogens is 353 g/mol. The summed E-state index contributed by atoms with van der Waals surface area (Å²) in [4.78, 5) is 50.3. The van der Waals surface area contributed by atoms with Crippen LogP contribution in [0.15, 0.2) is 24.3 Å². The van der Waals surface area contributed by atoms with E-state index in [0.717, 1.165) is 11.0 Å². The van der Waals surface area contributed by atoms with Gasteiger partial charge < -0.3 is 4.74 Å². The van der Waals surface area contributed by atoms with E-state index in [-0.39, 0.29) is 46.8 Å². The molecule has 4 rings (SSSR count). The Bertz CT molecular complexity index is 880. The number of ketones is 1. The van der Waals surface area contributed by atoms with Gasteiger partial charge in [0, 0.05) is 12.0 Å². The Kier molecular flexibility index (Phi) is 4.17. The van der Waals surface area contributed by atoms with Crippen LogP contribution in [0.4, 0.5) is 4.39 Å². The zero-order valence-corrected chi connectivity index (χ0v) is 14.7. The maximum Gasteiger partial charge on any atom is 0.331 e. The van der Waals surface area contributed by atoms with E-state index in [1.54, 1.807) is 6.92 Å². The number of esters is 1. The third kappa shape index (κ3) is 2.78. The molecule has 1 fully saturated rings. The first kappa shape index (κ1) is 17.6. The molecule has 0 unspecified atom stereocenters. The van der Waals surface area contributed by atoms with Gasteiger partial charge in [0.1, 0.15) is 18.1 Å². The molecule has 0 bridgehead atoms. The summed E-state index contributed by atoms with van der Waals surface area (Å²) in [6, 6.07) is 2.39. The Balaban J connectivity index is 1.52. The molecule has 1 aliphatic heterocycles. The van der Waals surface area contributed by atoms with Gasteiger partial charge in [-0.2, -0.15) is 0 Å². The maximum absolute atomic E-state index is 14.0. The molecule has 7 heteroatoms. The minimum absolute atomic E-state index is 0.0241. The van der Waals surface area contributed by atoms with Gasteiger partial charge in [-0.15, -0.1) is 0 Å². The summed E-state index contributed by atoms with van der Waals surface area (Å²) in [6.45, 7) is 1.22. The fourth-order valence-electron chi connectivity index (χ4n) is 4.22. The van der Waals surface area contributed by atoms with E-state index in [1.807, 2.05) is 12.2 Å². The number of likely N-dealkylation sites (tertiary alicyclic amines) is 1. The van der Waals surface area contributed by atoms with Gasteiger partial charge in [-0.25, -0.2) is 9.18 Å². The Morgan fingerprint density at radius 1 is 1.15 bits per heavy atom. The predicted molar refractivity (Wildman–Crippen MR) is 91.5 cm³/mol. The lowest BCUT2D eigenvalue weighted by Crippen LogP contribution is -2.37. The van der Waals surface area contributed by atoms with Gasteiger partial charge in [0.15, 0.2) is 5.78 Å². The number of amides is 2. The van der Waals surface area contributed by atoms with Gasteiger partial charge in [-0.1, -0.05) is 19.1 Å². The fraction of sp³-hybridized carbons (Fsp3) is 0.400. The number of carbonyl (C=O) groups is 4. The normalized spacial score (nSPS) is 26.4. The molecule has 1 saturated heterocycles. The van der Waals surface area contributed by atoms with Crippen LogP contribution in [0.3, 0.4) is 0 Å². The molecule has 1 aromatic carbocycles. The van der Waals surface area contributed by atoms with Crippen molar-refractivity contribution in [2.75, 3.05) is 6.54 Å². The zero-order valence-electron chi connectivity index (χ0n) is 14.7. The standard InChI is InChI=1S/C20H18FNO5/c1-10-8-14(23)18-15(7-6-13(21)17(10)18)27-16(24)9-22-19(25)11-4-2-3-5-12(11)20(22)26/h2-3,6-7,10-12H,4-5,8-9H2,1H3/t10-,11-,12+/m1/s1. The summed E-state index contributed by atoms with van der Waals surface area (Å²) in [5, 5.41) is 0. The first-order valence-electron chi connectivity index (χ1n) is 8.95. The molecule has 3 aliphatic rings. The highest BCUT2D eigenvalue weighted by atomic mass is 19.1. The molecule has 0 N–H and O–H groups in total. The van der Waals surface area contributed by atoms with E-state index in [9.17, 15) is 23.6 Å². The second-order valence-electron chi connectivity index (χ2n) is 7.26. The Labute approximate surface area is 155 Å². The number of fused-ring (bicyclic) bond motifs is 2. The van der Waals surface area contributed by atoms with Gasteiger partial charge in [0.2, 0.25) is 11.8 Å². The third-order valence-corrected chi connectivity index (χ3v) is 5.53. The number of ether oxygens (including phenoxy) is 1. The minimum atomic E-state index is -0.829.